The molecule has 0 bridgehead atoms. The van der Waals surface area contributed by atoms with E-state index in [1.807, 2.05) is 4.90 Å². The molecule has 2 aliphatic rings. The largest absolute Gasteiger partial charge is 0.396 e. The third-order valence-electron chi connectivity index (χ3n) is 6.50. The highest BCUT2D eigenvalue weighted by molar-refractivity contribution is 5.80. The molecule has 26 heavy (non-hydrogen) atoms. The van der Waals surface area contributed by atoms with E-state index in [-0.39, 0.29) is 23.8 Å². The van der Waals surface area contributed by atoms with Crippen LogP contribution in [0.15, 0.2) is 24.3 Å². The Hall–Kier alpha value is -1.35. The molecule has 3 nitrogen and oxygen atoms in total. The number of rotatable bonds is 5. The maximum Gasteiger partial charge on any atom is 0.228 e. The number of aliphatic hydroxyl groups excluding tert-OH is 1. The summed E-state index contributed by atoms with van der Waals surface area (Å²) < 4.78 is 0. The van der Waals surface area contributed by atoms with Gasteiger partial charge in [0, 0.05) is 18.5 Å². The lowest BCUT2D eigenvalue weighted by Crippen LogP contribution is -2.59. The van der Waals surface area contributed by atoms with Gasteiger partial charge in [-0.05, 0) is 48.1 Å². The fourth-order valence-corrected chi connectivity index (χ4v) is 4.86. The third kappa shape index (κ3) is 3.83. The van der Waals surface area contributed by atoms with E-state index in [9.17, 15) is 9.90 Å². The van der Waals surface area contributed by atoms with E-state index in [1.165, 1.54) is 30.4 Å². The maximum atomic E-state index is 12.6. The molecule has 2 atom stereocenters. The van der Waals surface area contributed by atoms with Crippen LogP contribution in [0, 0.1) is 11.3 Å². The zero-order chi connectivity index (χ0) is 18.9. The Bertz CT molecular complexity index is 640. The molecular formula is C23H35NO2. The van der Waals surface area contributed by atoms with E-state index in [2.05, 4.69) is 52.0 Å². The van der Waals surface area contributed by atoms with Crippen LogP contribution in [-0.2, 0) is 10.2 Å². The number of nitrogens with zero attached hydrogens (tertiary/aromatic N) is 1. The van der Waals surface area contributed by atoms with Gasteiger partial charge < -0.3 is 10.0 Å². The van der Waals surface area contributed by atoms with E-state index in [1.54, 1.807) is 0 Å². The van der Waals surface area contributed by atoms with Crippen LogP contribution in [0.2, 0.25) is 0 Å². The highest BCUT2D eigenvalue weighted by Crippen LogP contribution is 2.52. The number of amides is 1. The summed E-state index contributed by atoms with van der Waals surface area (Å²) in [5, 5.41) is 9.49. The first-order chi connectivity index (χ1) is 12.3. The average Bonchev–Trinajstić information content (AvgIpc) is 3.03. The minimum absolute atomic E-state index is 0.0155. The van der Waals surface area contributed by atoms with Crippen molar-refractivity contribution in [2.24, 2.45) is 11.3 Å². The highest BCUT2D eigenvalue weighted by Gasteiger charge is 2.50. The topological polar surface area (TPSA) is 40.5 Å². The number of carbonyl (C=O) groups excluding carboxylic acids is 1. The molecule has 0 radical (unpaired) electrons. The quantitative estimate of drug-likeness (QED) is 0.843. The van der Waals surface area contributed by atoms with Crippen molar-refractivity contribution in [3.05, 3.63) is 35.4 Å². The summed E-state index contributed by atoms with van der Waals surface area (Å²) in [6.07, 6.45) is 5.39. The van der Waals surface area contributed by atoms with Crippen LogP contribution in [0.1, 0.15) is 76.8 Å². The molecular weight excluding hydrogens is 322 g/mol. The molecule has 0 aromatic heterocycles. The Morgan fingerprint density at radius 2 is 2.08 bits per heavy atom. The Balaban J connectivity index is 1.61. The van der Waals surface area contributed by atoms with Crippen molar-refractivity contribution in [1.82, 2.24) is 4.90 Å². The van der Waals surface area contributed by atoms with Gasteiger partial charge in [0.25, 0.3) is 0 Å². The van der Waals surface area contributed by atoms with Crippen LogP contribution in [0.5, 0.6) is 0 Å². The second-order valence-corrected chi connectivity index (χ2v) is 9.68. The SMILES string of the molecule is CCC[C@H](CO)C(=O)N1CC2(CCC(c3cccc(C(C)(C)C)c3)C2)C1. The van der Waals surface area contributed by atoms with Crippen molar-refractivity contribution >= 4 is 5.91 Å². The van der Waals surface area contributed by atoms with E-state index >= 15 is 0 Å². The van der Waals surface area contributed by atoms with E-state index in [4.69, 9.17) is 0 Å². The van der Waals surface area contributed by atoms with Gasteiger partial charge in [-0.25, -0.2) is 0 Å². The first-order valence-corrected chi connectivity index (χ1v) is 10.3. The van der Waals surface area contributed by atoms with Crippen molar-refractivity contribution in [1.29, 1.82) is 0 Å². The molecule has 1 aromatic carbocycles. The first kappa shape index (κ1) is 19.4. The lowest BCUT2D eigenvalue weighted by molar-refractivity contribution is -0.149. The summed E-state index contributed by atoms with van der Waals surface area (Å²) in [6.45, 7) is 10.6. The molecule has 3 heteroatoms. The fraction of sp³-hybridized carbons (Fsp3) is 0.696. The Morgan fingerprint density at radius 1 is 1.35 bits per heavy atom. The van der Waals surface area contributed by atoms with Gasteiger partial charge >= 0.3 is 0 Å². The van der Waals surface area contributed by atoms with Crippen LogP contribution < -0.4 is 0 Å². The van der Waals surface area contributed by atoms with E-state index in [0.717, 1.165) is 25.9 Å². The zero-order valence-corrected chi connectivity index (χ0v) is 16.9. The van der Waals surface area contributed by atoms with Gasteiger partial charge in [-0.1, -0.05) is 58.4 Å². The molecule has 1 N–H and O–H groups in total. The predicted octanol–water partition coefficient (Wildman–Crippen LogP) is 4.49. The van der Waals surface area contributed by atoms with Crippen molar-refractivity contribution in [3.63, 3.8) is 0 Å². The third-order valence-corrected chi connectivity index (χ3v) is 6.50. The Labute approximate surface area is 158 Å². The number of hydrogen-bond acceptors (Lipinski definition) is 2. The highest BCUT2D eigenvalue weighted by atomic mass is 16.3. The number of likely N-dealkylation sites (tertiary alicyclic amines) is 1. The molecule has 1 aromatic rings. The van der Waals surface area contributed by atoms with E-state index < -0.39 is 0 Å². The fourth-order valence-electron chi connectivity index (χ4n) is 4.86. The van der Waals surface area contributed by atoms with Gasteiger partial charge in [0.05, 0.1) is 12.5 Å². The number of carbonyl (C=O) groups is 1. The summed E-state index contributed by atoms with van der Waals surface area (Å²) in [5.74, 6) is 0.593. The molecule has 2 fully saturated rings. The summed E-state index contributed by atoms with van der Waals surface area (Å²) in [5.41, 5.74) is 3.39. The smallest absolute Gasteiger partial charge is 0.228 e. The lowest BCUT2D eigenvalue weighted by Gasteiger charge is -2.49. The molecule has 1 saturated heterocycles. The maximum absolute atomic E-state index is 12.6. The lowest BCUT2D eigenvalue weighted by atomic mass is 9.76. The van der Waals surface area contributed by atoms with Gasteiger partial charge in [-0.15, -0.1) is 0 Å². The predicted molar refractivity (Wildman–Crippen MR) is 106 cm³/mol. The number of aliphatic hydroxyl groups is 1. The first-order valence-electron chi connectivity index (χ1n) is 10.3. The Kier molecular flexibility index (Phi) is 5.48. The van der Waals surface area contributed by atoms with Gasteiger partial charge in [-0.3, -0.25) is 4.79 Å². The number of hydrogen-bond donors (Lipinski definition) is 1. The number of benzene rings is 1. The Morgan fingerprint density at radius 3 is 2.69 bits per heavy atom. The van der Waals surface area contributed by atoms with E-state index in [0.29, 0.717) is 11.3 Å². The summed E-state index contributed by atoms with van der Waals surface area (Å²) >= 11 is 0. The molecule has 144 valence electrons. The van der Waals surface area contributed by atoms with Crippen LogP contribution >= 0.6 is 0 Å². The van der Waals surface area contributed by atoms with Crippen molar-refractivity contribution in [3.8, 4) is 0 Å². The van der Waals surface area contributed by atoms with Gasteiger partial charge in [0.1, 0.15) is 0 Å². The van der Waals surface area contributed by atoms with Crippen LogP contribution in [-0.4, -0.2) is 35.6 Å². The van der Waals surface area contributed by atoms with Gasteiger partial charge in [0.15, 0.2) is 0 Å². The summed E-state index contributed by atoms with van der Waals surface area (Å²) in [4.78, 5) is 14.5. The molecule has 1 heterocycles. The second kappa shape index (κ2) is 7.34. The molecule has 1 saturated carbocycles. The van der Waals surface area contributed by atoms with Crippen LogP contribution in [0.3, 0.4) is 0 Å². The van der Waals surface area contributed by atoms with Crippen molar-refractivity contribution < 1.29 is 9.90 Å². The minimum atomic E-state index is -0.196. The molecule has 1 unspecified atom stereocenters. The van der Waals surface area contributed by atoms with Crippen molar-refractivity contribution in [2.45, 2.75) is 71.1 Å². The molecule has 1 spiro atoms. The second-order valence-electron chi connectivity index (χ2n) is 9.68. The summed E-state index contributed by atoms with van der Waals surface area (Å²) in [6, 6.07) is 9.12. The van der Waals surface area contributed by atoms with Gasteiger partial charge in [-0.2, -0.15) is 0 Å². The standard InChI is InChI=1S/C23H35NO2/c1-5-7-19(14-25)21(26)24-15-23(16-24)11-10-18(13-23)17-8-6-9-20(12-17)22(2,3)4/h6,8-9,12,18-19,25H,5,7,10-11,13-16H2,1-4H3/t18?,19-/m1/s1. The minimum Gasteiger partial charge on any atom is -0.396 e. The van der Waals surface area contributed by atoms with Crippen LogP contribution in [0.25, 0.3) is 0 Å². The monoisotopic (exact) mass is 357 g/mol. The average molecular weight is 358 g/mol. The van der Waals surface area contributed by atoms with Crippen molar-refractivity contribution in [2.75, 3.05) is 19.7 Å². The molecule has 1 amide bonds. The molecule has 3 rings (SSSR count). The zero-order valence-electron chi connectivity index (χ0n) is 16.9. The molecule has 1 aliphatic carbocycles. The van der Waals surface area contributed by atoms with Gasteiger partial charge in [0.2, 0.25) is 5.91 Å². The molecule has 1 aliphatic heterocycles. The normalized spacial score (nSPS) is 23.1. The van der Waals surface area contributed by atoms with Crippen LogP contribution in [0.4, 0.5) is 0 Å². The summed E-state index contributed by atoms with van der Waals surface area (Å²) in [7, 11) is 0.